The molecular weight excluding hydrogens is 443 g/mol. The van der Waals surface area contributed by atoms with Crippen LogP contribution in [0, 0.1) is 5.82 Å². The number of carbonyl (C=O) groups excluding carboxylic acids is 1. The van der Waals surface area contributed by atoms with E-state index in [4.69, 9.17) is 16.3 Å². The summed E-state index contributed by atoms with van der Waals surface area (Å²) >= 11 is 11.0. The summed E-state index contributed by atoms with van der Waals surface area (Å²) in [4.78, 5) is 15.2. The van der Waals surface area contributed by atoms with Gasteiger partial charge in [0.25, 0.3) is 5.91 Å². The Morgan fingerprint density at radius 3 is 3.00 bits per heavy atom. The molecule has 0 bridgehead atoms. The molecule has 26 heavy (non-hydrogen) atoms. The monoisotopic (exact) mass is 460 g/mol. The average molecular weight is 462 g/mol. The Labute approximate surface area is 169 Å². The fraction of sp³-hybridized carbons (Fsp3) is 0.389. The summed E-state index contributed by atoms with van der Waals surface area (Å²) in [6, 6.07) is 6.12. The van der Waals surface area contributed by atoms with Crippen molar-refractivity contribution in [3.8, 4) is 0 Å². The van der Waals surface area contributed by atoms with Crippen molar-refractivity contribution in [2.24, 2.45) is 0 Å². The number of benzene rings is 1. The number of nitrogens with one attached hydrogen (secondary N) is 1. The third kappa shape index (κ3) is 4.46. The zero-order chi connectivity index (χ0) is 18.7. The Balaban J connectivity index is 1.83. The number of halogens is 3. The topological polar surface area (TPSA) is 41.6 Å². The molecule has 1 amide bonds. The SMILES string of the molecule is CC1CN(C(CNC(=O)c2sccc2Br)c2c(F)cccc2Cl)CCO1. The molecule has 1 aliphatic rings. The van der Waals surface area contributed by atoms with Crippen LogP contribution < -0.4 is 5.32 Å². The lowest BCUT2D eigenvalue weighted by atomic mass is 10.0. The molecule has 1 aromatic carbocycles. The van der Waals surface area contributed by atoms with Crippen LogP contribution in [0.4, 0.5) is 4.39 Å². The Kier molecular flexibility index (Phi) is 6.69. The first-order valence-corrected chi connectivity index (χ1v) is 10.3. The predicted octanol–water partition coefficient (Wildman–Crippen LogP) is 4.49. The Morgan fingerprint density at radius 1 is 1.54 bits per heavy atom. The molecule has 1 fully saturated rings. The molecule has 140 valence electrons. The zero-order valence-corrected chi connectivity index (χ0v) is 17.3. The van der Waals surface area contributed by atoms with E-state index in [1.807, 2.05) is 18.4 Å². The number of ether oxygens (including phenoxy) is 1. The van der Waals surface area contributed by atoms with Gasteiger partial charge in [-0.3, -0.25) is 9.69 Å². The van der Waals surface area contributed by atoms with Gasteiger partial charge in [0.15, 0.2) is 0 Å². The highest BCUT2D eigenvalue weighted by molar-refractivity contribution is 9.10. The lowest BCUT2D eigenvalue weighted by Gasteiger charge is -2.38. The summed E-state index contributed by atoms with van der Waals surface area (Å²) in [6.45, 7) is 4.10. The van der Waals surface area contributed by atoms with Crippen LogP contribution >= 0.6 is 38.9 Å². The van der Waals surface area contributed by atoms with Gasteiger partial charge in [-0.05, 0) is 46.4 Å². The van der Waals surface area contributed by atoms with E-state index in [0.717, 1.165) is 4.47 Å². The van der Waals surface area contributed by atoms with Crippen molar-refractivity contribution in [3.05, 3.63) is 55.4 Å². The first-order valence-electron chi connectivity index (χ1n) is 8.28. The van der Waals surface area contributed by atoms with Gasteiger partial charge in [0.05, 0.1) is 18.8 Å². The molecule has 0 radical (unpaired) electrons. The molecule has 0 aliphatic carbocycles. The summed E-state index contributed by atoms with van der Waals surface area (Å²) in [6.07, 6.45) is 0.0407. The molecule has 8 heteroatoms. The van der Waals surface area contributed by atoms with E-state index >= 15 is 0 Å². The van der Waals surface area contributed by atoms with E-state index in [1.54, 1.807) is 12.1 Å². The van der Waals surface area contributed by atoms with Crippen molar-refractivity contribution in [1.29, 1.82) is 0 Å². The van der Waals surface area contributed by atoms with Crippen LogP contribution in [-0.4, -0.2) is 43.2 Å². The molecule has 2 atom stereocenters. The van der Waals surface area contributed by atoms with E-state index < -0.39 is 0 Å². The number of nitrogens with zero attached hydrogens (tertiary/aromatic N) is 1. The highest BCUT2D eigenvalue weighted by Gasteiger charge is 2.29. The minimum atomic E-state index is -0.367. The van der Waals surface area contributed by atoms with E-state index in [1.165, 1.54) is 17.4 Å². The summed E-state index contributed by atoms with van der Waals surface area (Å²) < 4.78 is 20.9. The Morgan fingerprint density at radius 2 is 2.35 bits per heavy atom. The van der Waals surface area contributed by atoms with Gasteiger partial charge in [-0.1, -0.05) is 17.7 Å². The van der Waals surface area contributed by atoms with Crippen LogP contribution in [-0.2, 0) is 4.74 Å². The highest BCUT2D eigenvalue weighted by atomic mass is 79.9. The number of rotatable bonds is 5. The summed E-state index contributed by atoms with van der Waals surface area (Å²) in [5, 5.41) is 5.13. The fourth-order valence-corrected chi connectivity index (χ4v) is 4.85. The van der Waals surface area contributed by atoms with Gasteiger partial charge in [0.2, 0.25) is 0 Å². The number of morpholine rings is 1. The second-order valence-electron chi connectivity index (χ2n) is 6.14. The van der Waals surface area contributed by atoms with E-state index in [0.29, 0.717) is 35.2 Å². The van der Waals surface area contributed by atoms with Gasteiger partial charge in [-0.2, -0.15) is 0 Å². The number of amides is 1. The first-order chi connectivity index (χ1) is 12.5. The molecule has 1 aromatic heterocycles. The molecule has 4 nitrogen and oxygen atoms in total. The molecular formula is C18H19BrClFN2O2S. The van der Waals surface area contributed by atoms with Crippen LogP contribution in [0.25, 0.3) is 0 Å². The van der Waals surface area contributed by atoms with Gasteiger partial charge in [0, 0.05) is 34.7 Å². The number of carbonyl (C=O) groups is 1. The summed E-state index contributed by atoms with van der Waals surface area (Å²) in [5.41, 5.74) is 0.411. The lowest BCUT2D eigenvalue weighted by molar-refractivity contribution is -0.0346. The molecule has 3 rings (SSSR count). The molecule has 1 saturated heterocycles. The minimum absolute atomic E-state index is 0.0407. The second kappa shape index (κ2) is 8.80. The molecule has 2 aromatic rings. The molecule has 2 heterocycles. The van der Waals surface area contributed by atoms with Crippen molar-refractivity contribution in [2.45, 2.75) is 19.1 Å². The molecule has 0 spiro atoms. The standard InChI is InChI=1S/C18H19BrClFN2O2S/c1-11-10-23(6-7-25-11)15(16-13(20)3-2-4-14(16)21)9-22-18(24)17-12(19)5-8-26-17/h2-5,8,11,15H,6-7,9-10H2,1H3,(H,22,24). The van der Waals surface area contributed by atoms with Crippen LogP contribution in [0.5, 0.6) is 0 Å². The quantitative estimate of drug-likeness (QED) is 0.713. The number of hydrogen-bond donors (Lipinski definition) is 1. The van der Waals surface area contributed by atoms with Crippen molar-refractivity contribution in [1.82, 2.24) is 10.2 Å². The maximum absolute atomic E-state index is 14.6. The predicted molar refractivity (Wildman–Crippen MR) is 105 cm³/mol. The third-order valence-corrected chi connectivity index (χ3v) is 6.49. The van der Waals surface area contributed by atoms with Crippen molar-refractivity contribution < 1.29 is 13.9 Å². The van der Waals surface area contributed by atoms with Gasteiger partial charge < -0.3 is 10.1 Å². The molecule has 1 aliphatic heterocycles. The molecule has 2 unspecified atom stereocenters. The van der Waals surface area contributed by atoms with Crippen LogP contribution in [0.1, 0.15) is 28.2 Å². The first kappa shape index (κ1) is 19.8. The van der Waals surface area contributed by atoms with E-state index in [9.17, 15) is 9.18 Å². The largest absolute Gasteiger partial charge is 0.376 e. The normalized spacial score (nSPS) is 19.3. The second-order valence-corrected chi connectivity index (χ2v) is 8.31. The summed E-state index contributed by atoms with van der Waals surface area (Å²) in [7, 11) is 0. The maximum Gasteiger partial charge on any atom is 0.262 e. The van der Waals surface area contributed by atoms with E-state index in [2.05, 4.69) is 26.1 Å². The number of thiophene rings is 1. The zero-order valence-electron chi connectivity index (χ0n) is 14.2. The van der Waals surface area contributed by atoms with Gasteiger partial charge >= 0.3 is 0 Å². The highest BCUT2D eigenvalue weighted by Crippen LogP contribution is 2.31. The van der Waals surface area contributed by atoms with Gasteiger partial charge in [0.1, 0.15) is 10.7 Å². The van der Waals surface area contributed by atoms with E-state index in [-0.39, 0.29) is 30.4 Å². The van der Waals surface area contributed by atoms with Crippen molar-refractivity contribution >= 4 is 44.8 Å². The minimum Gasteiger partial charge on any atom is -0.376 e. The van der Waals surface area contributed by atoms with Crippen molar-refractivity contribution in [3.63, 3.8) is 0 Å². The fourth-order valence-electron chi connectivity index (χ4n) is 3.10. The Hall–Kier alpha value is -0.990. The smallest absolute Gasteiger partial charge is 0.262 e. The van der Waals surface area contributed by atoms with Gasteiger partial charge in [-0.15, -0.1) is 11.3 Å². The summed E-state index contributed by atoms with van der Waals surface area (Å²) in [5.74, 6) is -0.557. The van der Waals surface area contributed by atoms with Crippen LogP contribution in [0.3, 0.4) is 0 Å². The third-order valence-electron chi connectivity index (χ3n) is 4.33. The van der Waals surface area contributed by atoms with Gasteiger partial charge in [-0.25, -0.2) is 4.39 Å². The molecule has 0 saturated carbocycles. The average Bonchev–Trinajstić information content (AvgIpc) is 3.03. The van der Waals surface area contributed by atoms with Crippen molar-refractivity contribution in [2.75, 3.05) is 26.2 Å². The number of hydrogen-bond acceptors (Lipinski definition) is 4. The molecule has 1 N–H and O–H groups in total. The lowest BCUT2D eigenvalue weighted by Crippen LogP contribution is -2.46. The van der Waals surface area contributed by atoms with Crippen LogP contribution in [0.15, 0.2) is 34.1 Å². The Bertz CT molecular complexity index is 768. The maximum atomic E-state index is 14.6. The van der Waals surface area contributed by atoms with Crippen LogP contribution in [0.2, 0.25) is 5.02 Å².